The van der Waals surface area contributed by atoms with Gasteiger partial charge in [-0.05, 0) is 37.1 Å². The highest BCUT2D eigenvalue weighted by molar-refractivity contribution is 5.87. The number of hydrogen-bond acceptors (Lipinski definition) is 3. The molecule has 0 bridgehead atoms. The fourth-order valence-corrected chi connectivity index (χ4v) is 2.50. The Labute approximate surface area is 118 Å². The van der Waals surface area contributed by atoms with E-state index < -0.39 is 0 Å². The molecule has 0 amide bonds. The number of hydrogen-bond donors (Lipinski definition) is 0. The molecule has 3 aromatic heterocycles. The van der Waals surface area contributed by atoms with Gasteiger partial charge in [-0.2, -0.15) is 0 Å². The molecular formula is C17H17N3. The normalized spacial score (nSPS) is 10.9. The molecule has 0 atom stereocenters. The molecule has 0 saturated carbocycles. The molecule has 0 spiro atoms. The molecule has 0 fully saturated rings. The van der Waals surface area contributed by atoms with Gasteiger partial charge in [-0.3, -0.25) is 15.0 Å². The molecule has 100 valence electrons. The van der Waals surface area contributed by atoms with Crippen LogP contribution in [0.15, 0.2) is 43.0 Å². The maximum atomic E-state index is 4.87. The molecule has 0 aliphatic heterocycles. The van der Waals surface area contributed by atoms with Crippen molar-refractivity contribution in [3.63, 3.8) is 0 Å². The Hall–Kier alpha value is -2.29. The van der Waals surface area contributed by atoms with Gasteiger partial charge in [0.2, 0.25) is 0 Å². The van der Waals surface area contributed by atoms with Gasteiger partial charge in [-0.15, -0.1) is 0 Å². The smallest absolute Gasteiger partial charge is 0.0716 e. The summed E-state index contributed by atoms with van der Waals surface area (Å²) in [7, 11) is 0. The van der Waals surface area contributed by atoms with E-state index in [1.807, 2.05) is 30.9 Å². The fraction of sp³-hybridized carbons (Fsp3) is 0.235. The summed E-state index contributed by atoms with van der Waals surface area (Å²) >= 11 is 0. The molecule has 3 aromatic rings. The molecule has 0 saturated heterocycles. The number of aromatic nitrogens is 3. The number of rotatable bonds is 3. The molecule has 0 N–H and O–H groups in total. The van der Waals surface area contributed by atoms with Gasteiger partial charge in [-0.1, -0.05) is 13.3 Å². The Balaban J connectivity index is 2.25. The zero-order valence-electron chi connectivity index (χ0n) is 11.8. The van der Waals surface area contributed by atoms with Gasteiger partial charge in [0.05, 0.1) is 5.69 Å². The van der Waals surface area contributed by atoms with Gasteiger partial charge in [0.25, 0.3) is 0 Å². The molecule has 0 unspecified atom stereocenters. The number of fused-ring (bicyclic) bond motifs is 1. The standard InChI is InChI=1S/C17H17N3/c1-3-4-16-15-6-8-19-11-13(15)9-17(20-16)14-5-7-18-10-12(14)2/h5-11H,3-4H2,1-2H3. The summed E-state index contributed by atoms with van der Waals surface area (Å²) in [6.07, 6.45) is 9.51. The average molecular weight is 263 g/mol. The van der Waals surface area contributed by atoms with Gasteiger partial charge in [-0.25, -0.2) is 0 Å². The first-order valence-corrected chi connectivity index (χ1v) is 6.94. The molecule has 3 heteroatoms. The Morgan fingerprint density at radius 1 is 1.05 bits per heavy atom. The van der Waals surface area contributed by atoms with E-state index in [2.05, 4.69) is 35.9 Å². The molecule has 0 aromatic carbocycles. The topological polar surface area (TPSA) is 38.7 Å². The van der Waals surface area contributed by atoms with Crippen LogP contribution in [0.4, 0.5) is 0 Å². The zero-order valence-corrected chi connectivity index (χ0v) is 11.8. The monoisotopic (exact) mass is 263 g/mol. The molecule has 20 heavy (non-hydrogen) atoms. The minimum absolute atomic E-state index is 0.985. The van der Waals surface area contributed by atoms with Crippen molar-refractivity contribution in [3.8, 4) is 11.3 Å². The quantitative estimate of drug-likeness (QED) is 0.718. The minimum atomic E-state index is 0.985. The third-order valence-electron chi connectivity index (χ3n) is 3.49. The van der Waals surface area contributed by atoms with E-state index in [1.165, 1.54) is 5.39 Å². The summed E-state index contributed by atoms with van der Waals surface area (Å²) in [5.74, 6) is 0. The van der Waals surface area contributed by atoms with Gasteiger partial charge in [0, 0.05) is 46.8 Å². The lowest BCUT2D eigenvalue weighted by Gasteiger charge is -2.10. The molecule has 3 rings (SSSR count). The largest absolute Gasteiger partial charge is 0.264 e. The van der Waals surface area contributed by atoms with Crippen LogP contribution >= 0.6 is 0 Å². The van der Waals surface area contributed by atoms with Crippen LogP contribution in [0, 0.1) is 6.92 Å². The van der Waals surface area contributed by atoms with E-state index in [-0.39, 0.29) is 0 Å². The first-order chi connectivity index (χ1) is 9.79. The maximum Gasteiger partial charge on any atom is 0.0716 e. The highest BCUT2D eigenvalue weighted by Gasteiger charge is 2.09. The Kier molecular flexibility index (Phi) is 3.42. The van der Waals surface area contributed by atoms with Crippen molar-refractivity contribution in [2.75, 3.05) is 0 Å². The first-order valence-electron chi connectivity index (χ1n) is 6.94. The van der Waals surface area contributed by atoms with E-state index in [0.717, 1.165) is 40.7 Å². The number of pyridine rings is 3. The average Bonchev–Trinajstić information content (AvgIpc) is 2.48. The Morgan fingerprint density at radius 2 is 1.85 bits per heavy atom. The van der Waals surface area contributed by atoms with E-state index in [1.54, 1.807) is 0 Å². The summed E-state index contributed by atoms with van der Waals surface area (Å²) in [4.78, 5) is 13.2. The van der Waals surface area contributed by atoms with Crippen LogP contribution in [0.25, 0.3) is 22.0 Å². The zero-order chi connectivity index (χ0) is 13.9. The summed E-state index contributed by atoms with van der Waals surface area (Å²) < 4.78 is 0. The van der Waals surface area contributed by atoms with Crippen molar-refractivity contribution in [1.29, 1.82) is 0 Å². The van der Waals surface area contributed by atoms with Crippen LogP contribution in [0.5, 0.6) is 0 Å². The number of aryl methyl sites for hydroxylation is 2. The molecule has 0 aliphatic carbocycles. The first kappa shape index (κ1) is 12.7. The second-order valence-electron chi connectivity index (χ2n) is 4.99. The van der Waals surface area contributed by atoms with E-state index in [4.69, 9.17) is 4.98 Å². The fourth-order valence-electron chi connectivity index (χ4n) is 2.50. The predicted octanol–water partition coefficient (Wildman–Crippen LogP) is 3.95. The minimum Gasteiger partial charge on any atom is -0.264 e. The summed E-state index contributed by atoms with van der Waals surface area (Å²) in [6.45, 7) is 4.25. The SMILES string of the molecule is CCCc1nc(-c2ccncc2C)cc2cnccc12. The van der Waals surface area contributed by atoms with Gasteiger partial charge in [0.15, 0.2) is 0 Å². The second kappa shape index (κ2) is 5.37. The van der Waals surface area contributed by atoms with Gasteiger partial charge in [0.1, 0.15) is 0 Å². The lowest BCUT2D eigenvalue weighted by Crippen LogP contribution is -1.96. The molecule has 0 radical (unpaired) electrons. The third-order valence-corrected chi connectivity index (χ3v) is 3.49. The van der Waals surface area contributed by atoms with Gasteiger partial charge >= 0.3 is 0 Å². The van der Waals surface area contributed by atoms with E-state index in [0.29, 0.717) is 0 Å². The third kappa shape index (κ3) is 2.27. The molecule has 3 heterocycles. The molecule has 3 nitrogen and oxygen atoms in total. The van der Waals surface area contributed by atoms with Crippen LogP contribution in [0.1, 0.15) is 24.6 Å². The van der Waals surface area contributed by atoms with Crippen LogP contribution in [0.2, 0.25) is 0 Å². The maximum absolute atomic E-state index is 4.87. The van der Waals surface area contributed by atoms with Crippen LogP contribution < -0.4 is 0 Å². The Morgan fingerprint density at radius 3 is 2.65 bits per heavy atom. The second-order valence-corrected chi connectivity index (χ2v) is 4.99. The van der Waals surface area contributed by atoms with E-state index >= 15 is 0 Å². The van der Waals surface area contributed by atoms with Crippen molar-refractivity contribution < 1.29 is 0 Å². The van der Waals surface area contributed by atoms with Gasteiger partial charge < -0.3 is 0 Å². The van der Waals surface area contributed by atoms with Crippen molar-refractivity contribution in [2.24, 2.45) is 0 Å². The highest BCUT2D eigenvalue weighted by atomic mass is 14.7. The van der Waals surface area contributed by atoms with Crippen molar-refractivity contribution in [1.82, 2.24) is 15.0 Å². The predicted molar refractivity (Wildman–Crippen MR) is 81.5 cm³/mol. The Bertz CT molecular complexity index is 750. The summed E-state index contributed by atoms with van der Waals surface area (Å²) in [5.41, 5.74) is 4.45. The van der Waals surface area contributed by atoms with Crippen LogP contribution in [-0.4, -0.2) is 15.0 Å². The lowest BCUT2D eigenvalue weighted by atomic mass is 10.0. The lowest BCUT2D eigenvalue weighted by molar-refractivity contribution is 0.894. The molecular weight excluding hydrogens is 246 g/mol. The van der Waals surface area contributed by atoms with Crippen molar-refractivity contribution in [2.45, 2.75) is 26.7 Å². The molecule has 0 aliphatic rings. The summed E-state index contributed by atoms with van der Waals surface area (Å²) in [5, 5.41) is 2.36. The highest BCUT2D eigenvalue weighted by Crippen LogP contribution is 2.26. The van der Waals surface area contributed by atoms with Crippen LogP contribution in [0.3, 0.4) is 0 Å². The summed E-state index contributed by atoms with van der Waals surface area (Å²) in [6, 6.07) is 6.19. The number of nitrogens with zero attached hydrogens (tertiary/aromatic N) is 3. The van der Waals surface area contributed by atoms with Crippen LogP contribution in [-0.2, 0) is 6.42 Å². The van der Waals surface area contributed by atoms with Crippen molar-refractivity contribution >= 4 is 10.8 Å². The van der Waals surface area contributed by atoms with Crippen molar-refractivity contribution in [3.05, 3.63) is 54.2 Å². The van der Waals surface area contributed by atoms with E-state index in [9.17, 15) is 0 Å².